The molecule has 2 rings (SSSR count). The number of carbonyl (C=O) groups excluding carboxylic acids is 2. The van der Waals surface area contributed by atoms with Gasteiger partial charge in [-0.25, -0.2) is 0 Å². The van der Waals surface area contributed by atoms with Gasteiger partial charge in [0.15, 0.2) is 0 Å². The van der Waals surface area contributed by atoms with Gasteiger partial charge in [-0.15, -0.1) is 0 Å². The van der Waals surface area contributed by atoms with E-state index < -0.39 is 0 Å². The lowest BCUT2D eigenvalue weighted by molar-refractivity contribution is -0.117. The number of rotatable bonds is 7. The highest BCUT2D eigenvalue weighted by Gasteiger charge is 2.22. The average molecular weight is 351 g/mol. The van der Waals surface area contributed by atoms with Crippen LogP contribution in [0.4, 0.5) is 11.4 Å². The average Bonchev–Trinajstić information content (AvgIpc) is 2.51. The van der Waals surface area contributed by atoms with Crippen LogP contribution in [0.25, 0.3) is 0 Å². The van der Waals surface area contributed by atoms with Crippen LogP contribution in [0.3, 0.4) is 0 Å². The predicted octanol–water partition coefficient (Wildman–Crippen LogP) is 1.85. The van der Waals surface area contributed by atoms with Crippen LogP contribution in [-0.2, 0) is 14.3 Å². The number of ether oxygens (including phenoxy) is 1. The van der Waals surface area contributed by atoms with Crippen molar-refractivity contribution in [2.24, 2.45) is 5.73 Å². The van der Waals surface area contributed by atoms with Crippen LogP contribution in [0.1, 0.15) is 20.3 Å². The first-order valence-electron chi connectivity index (χ1n) is 8.10. The van der Waals surface area contributed by atoms with Crippen molar-refractivity contribution in [3.63, 3.8) is 0 Å². The fraction of sp³-hybridized carbons (Fsp3) is 0.529. The summed E-state index contributed by atoms with van der Waals surface area (Å²) in [4.78, 5) is 24.8. The van der Waals surface area contributed by atoms with E-state index in [-0.39, 0.29) is 24.0 Å². The summed E-state index contributed by atoms with van der Waals surface area (Å²) in [5.74, 6) is 0.457. The number of thioether (sulfide) groups is 1. The highest BCUT2D eigenvalue weighted by atomic mass is 32.2. The molecule has 0 aliphatic carbocycles. The topological polar surface area (TPSA) is 84.7 Å². The fourth-order valence-electron chi connectivity index (χ4n) is 2.68. The molecule has 7 heteroatoms. The first kappa shape index (κ1) is 18.6. The van der Waals surface area contributed by atoms with Crippen molar-refractivity contribution in [1.29, 1.82) is 0 Å². The minimum atomic E-state index is -0.342. The summed E-state index contributed by atoms with van der Waals surface area (Å²) in [6.45, 7) is 5.89. The van der Waals surface area contributed by atoms with Gasteiger partial charge in [-0.2, -0.15) is 11.8 Å². The summed E-state index contributed by atoms with van der Waals surface area (Å²) in [5, 5.41) is 2.86. The standard InChI is InChI=1S/C17H25N3O3S/c1-12-9-20(10-13(2)23-12)15-5-3-14(4-6-15)19-17(22)11-24-8-7-16(18)21/h3-6,12-13H,7-11H2,1-2H3,(H2,18,21)(H,19,22). The maximum absolute atomic E-state index is 11.9. The number of nitrogens with one attached hydrogen (secondary N) is 1. The monoisotopic (exact) mass is 351 g/mol. The molecular weight excluding hydrogens is 326 g/mol. The van der Waals surface area contributed by atoms with Crippen molar-refractivity contribution >= 4 is 35.0 Å². The van der Waals surface area contributed by atoms with E-state index in [4.69, 9.17) is 10.5 Å². The molecule has 0 saturated carbocycles. The lowest BCUT2D eigenvalue weighted by Gasteiger charge is -2.36. The van der Waals surface area contributed by atoms with Crippen LogP contribution in [0, 0.1) is 0 Å². The van der Waals surface area contributed by atoms with Gasteiger partial charge in [-0.05, 0) is 38.1 Å². The van der Waals surface area contributed by atoms with Gasteiger partial charge in [0.2, 0.25) is 11.8 Å². The van der Waals surface area contributed by atoms with Crippen LogP contribution >= 0.6 is 11.8 Å². The molecule has 24 heavy (non-hydrogen) atoms. The van der Waals surface area contributed by atoms with Gasteiger partial charge in [0.1, 0.15) is 0 Å². The van der Waals surface area contributed by atoms with Crippen LogP contribution in [0.5, 0.6) is 0 Å². The van der Waals surface area contributed by atoms with Crippen LogP contribution in [-0.4, -0.2) is 48.6 Å². The number of benzene rings is 1. The molecule has 0 bridgehead atoms. The van der Waals surface area contributed by atoms with Crippen LogP contribution in [0.15, 0.2) is 24.3 Å². The van der Waals surface area contributed by atoms with E-state index in [1.165, 1.54) is 11.8 Å². The van der Waals surface area contributed by atoms with Crippen molar-refractivity contribution in [2.75, 3.05) is 34.8 Å². The van der Waals surface area contributed by atoms with E-state index in [2.05, 4.69) is 24.1 Å². The van der Waals surface area contributed by atoms with E-state index in [1.807, 2.05) is 24.3 Å². The molecule has 0 aromatic heterocycles. The van der Waals surface area contributed by atoms with Crippen molar-refractivity contribution in [2.45, 2.75) is 32.5 Å². The zero-order valence-electron chi connectivity index (χ0n) is 14.2. The van der Waals surface area contributed by atoms with Gasteiger partial charge in [0.05, 0.1) is 18.0 Å². The van der Waals surface area contributed by atoms with E-state index in [9.17, 15) is 9.59 Å². The van der Waals surface area contributed by atoms with Crippen molar-refractivity contribution in [3.05, 3.63) is 24.3 Å². The number of nitrogens with zero attached hydrogens (tertiary/aromatic N) is 1. The van der Waals surface area contributed by atoms with Crippen LogP contribution in [0.2, 0.25) is 0 Å². The molecule has 0 spiro atoms. The molecule has 6 nitrogen and oxygen atoms in total. The number of nitrogens with two attached hydrogens (primary N) is 1. The van der Waals surface area contributed by atoms with E-state index in [1.54, 1.807) is 0 Å². The quantitative estimate of drug-likeness (QED) is 0.732. The molecule has 1 aliphatic rings. The highest BCUT2D eigenvalue weighted by molar-refractivity contribution is 7.99. The first-order chi connectivity index (χ1) is 11.4. The zero-order valence-corrected chi connectivity index (χ0v) is 15.0. The van der Waals surface area contributed by atoms with Crippen molar-refractivity contribution in [1.82, 2.24) is 0 Å². The summed E-state index contributed by atoms with van der Waals surface area (Å²) < 4.78 is 5.75. The Bertz CT molecular complexity index is 555. The maximum Gasteiger partial charge on any atom is 0.234 e. The molecule has 2 amide bonds. The molecule has 1 aromatic rings. The van der Waals surface area contributed by atoms with Gasteiger partial charge in [0, 0.05) is 36.6 Å². The minimum absolute atomic E-state index is 0.0779. The fourth-order valence-corrected chi connectivity index (χ4v) is 3.43. The summed E-state index contributed by atoms with van der Waals surface area (Å²) >= 11 is 1.40. The second-order valence-electron chi connectivity index (χ2n) is 6.03. The number of amides is 2. The second-order valence-corrected chi connectivity index (χ2v) is 7.13. The summed E-state index contributed by atoms with van der Waals surface area (Å²) in [7, 11) is 0. The normalized spacial score (nSPS) is 20.7. The number of carbonyl (C=O) groups is 2. The third kappa shape index (κ3) is 6.05. The summed E-state index contributed by atoms with van der Waals surface area (Å²) in [6.07, 6.45) is 0.722. The Labute approximate surface area is 147 Å². The molecule has 2 unspecified atom stereocenters. The molecule has 132 valence electrons. The van der Waals surface area contributed by atoms with Crippen molar-refractivity contribution in [3.8, 4) is 0 Å². The lowest BCUT2D eigenvalue weighted by Crippen LogP contribution is -2.45. The Morgan fingerprint density at radius 3 is 2.46 bits per heavy atom. The molecule has 1 saturated heterocycles. The number of morpholine rings is 1. The third-order valence-corrected chi connectivity index (χ3v) is 4.62. The zero-order chi connectivity index (χ0) is 17.5. The summed E-state index contributed by atoms with van der Waals surface area (Å²) in [5.41, 5.74) is 6.96. The molecule has 0 radical (unpaired) electrons. The van der Waals surface area contributed by atoms with E-state index in [0.29, 0.717) is 17.9 Å². The number of hydrogen-bond donors (Lipinski definition) is 2. The van der Waals surface area contributed by atoms with E-state index in [0.717, 1.165) is 24.5 Å². The molecule has 1 heterocycles. The largest absolute Gasteiger partial charge is 0.372 e. The summed E-state index contributed by atoms with van der Waals surface area (Å²) in [6, 6.07) is 7.85. The molecular formula is C17H25N3O3S. The highest BCUT2D eigenvalue weighted by Crippen LogP contribution is 2.22. The predicted molar refractivity (Wildman–Crippen MR) is 98.4 cm³/mol. The van der Waals surface area contributed by atoms with Crippen molar-refractivity contribution < 1.29 is 14.3 Å². The Morgan fingerprint density at radius 2 is 1.88 bits per heavy atom. The lowest BCUT2D eigenvalue weighted by atomic mass is 10.2. The van der Waals surface area contributed by atoms with Gasteiger partial charge in [-0.3, -0.25) is 9.59 Å². The minimum Gasteiger partial charge on any atom is -0.372 e. The van der Waals surface area contributed by atoms with Crippen LogP contribution < -0.4 is 16.0 Å². The van der Waals surface area contributed by atoms with Gasteiger partial charge in [0.25, 0.3) is 0 Å². The molecule has 2 atom stereocenters. The van der Waals surface area contributed by atoms with Gasteiger partial charge in [-0.1, -0.05) is 0 Å². The van der Waals surface area contributed by atoms with E-state index >= 15 is 0 Å². The first-order valence-corrected chi connectivity index (χ1v) is 9.26. The Hall–Kier alpha value is -1.73. The third-order valence-electron chi connectivity index (χ3n) is 3.66. The Balaban J connectivity index is 1.81. The molecule has 3 N–H and O–H groups in total. The second kappa shape index (κ2) is 8.94. The number of hydrogen-bond acceptors (Lipinski definition) is 5. The molecule has 1 aliphatic heterocycles. The number of primary amides is 1. The number of anilines is 2. The Kier molecular flexibility index (Phi) is 6.93. The molecule has 1 aromatic carbocycles. The smallest absolute Gasteiger partial charge is 0.234 e. The Morgan fingerprint density at radius 1 is 1.25 bits per heavy atom. The SMILES string of the molecule is CC1CN(c2ccc(NC(=O)CSCCC(N)=O)cc2)CC(C)O1. The maximum atomic E-state index is 11.9. The van der Waals surface area contributed by atoms with Gasteiger partial charge < -0.3 is 20.7 Å². The molecule has 1 fully saturated rings. The van der Waals surface area contributed by atoms with Gasteiger partial charge >= 0.3 is 0 Å².